The van der Waals surface area contributed by atoms with Gasteiger partial charge in [0.15, 0.2) is 5.72 Å². The van der Waals surface area contributed by atoms with Crippen molar-refractivity contribution in [2.75, 3.05) is 0 Å². The van der Waals surface area contributed by atoms with Gasteiger partial charge in [0, 0.05) is 0 Å². The molecule has 0 aliphatic carbocycles. The van der Waals surface area contributed by atoms with Crippen LogP contribution < -0.4 is 5.32 Å². The van der Waals surface area contributed by atoms with Gasteiger partial charge in [-0.25, -0.2) is 0 Å². The minimum Gasteiger partial charge on any atom is -0.443 e. The number of carbonyl (C=O) groups excluding carboxylic acids is 1. The third-order valence-corrected chi connectivity index (χ3v) is 1.57. The lowest BCUT2D eigenvalue weighted by Crippen LogP contribution is -2.38. The molecule has 0 amide bonds. The first kappa shape index (κ1) is 7.54. The lowest BCUT2D eigenvalue weighted by atomic mass is 10.2. The molecule has 1 aliphatic heterocycles. The van der Waals surface area contributed by atoms with Crippen LogP contribution in [-0.2, 0) is 9.53 Å². The van der Waals surface area contributed by atoms with E-state index in [0.717, 1.165) is 6.42 Å². The van der Waals surface area contributed by atoms with Gasteiger partial charge in [0.05, 0.1) is 0 Å². The number of cyclic esters (lactones) is 1. The molecule has 0 spiro atoms. The van der Waals surface area contributed by atoms with E-state index in [4.69, 9.17) is 4.74 Å². The van der Waals surface area contributed by atoms with E-state index in [1.807, 2.05) is 20.8 Å². The smallest absolute Gasteiger partial charge is 0.324 e. The predicted molar refractivity (Wildman–Crippen MR) is 37.4 cm³/mol. The third kappa shape index (κ3) is 1.29. The Hall–Kier alpha value is -0.570. The van der Waals surface area contributed by atoms with Crippen LogP contribution in [0, 0.1) is 0 Å². The number of hydrogen-bond donors (Lipinski definition) is 1. The summed E-state index contributed by atoms with van der Waals surface area (Å²) < 4.78 is 5.00. The largest absolute Gasteiger partial charge is 0.443 e. The van der Waals surface area contributed by atoms with E-state index in [2.05, 4.69) is 5.32 Å². The number of esters is 1. The van der Waals surface area contributed by atoms with E-state index < -0.39 is 5.72 Å². The highest BCUT2D eigenvalue weighted by atomic mass is 16.6. The van der Waals surface area contributed by atoms with Gasteiger partial charge in [0.2, 0.25) is 0 Å². The van der Waals surface area contributed by atoms with E-state index in [1.165, 1.54) is 0 Å². The average molecular weight is 143 g/mol. The summed E-state index contributed by atoms with van der Waals surface area (Å²) in [6.45, 7) is 5.65. The van der Waals surface area contributed by atoms with Crippen molar-refractivity contribution in [2.24, 2.45) is 0 Å². The fraction of sp³-hybridized carbons (Fsp3) is 0.857. The number of nitrogens with one attached hydrogen (secondary N) is 1. The molecule has 3 nitrogen and oxygen atoms in total. The van der Waals surface area contributed by atoms with E-state index in [1.54, 1.807) is 0 Å². The SMILES string of the molecule is CC[C@@H]1NC(C)(C)OC1=O. The minimum absolute atomic E-state index is 0.102. The molecule has 0 bridgehead atoms. The van der Waals surface area contributed by atoms with Crippen LogP contribution in [0.4, 0.5) is 0 Å². The summed E-state index contributed by atoms with van der Waals surface area (Å²) in [5.41, 5.74) is -0.461. The first-order chi connectivity index (χ1) is 4.55. The van der Waals surface area contributed by atoms with Crippen LogP contribution in [-0.4, -0.2) is 17.7 Å². The van der Waals surface area contributed by atoms with Gasteiger partial charge in [0.1, 0.15) is 6.04 Å². The summed E-state index contributed by atoms with van der Waals surface area (Å²) in [6, 6.07) is -0.102. The summed E-state index contributed by atoms with van der Waals surface area (Å²) in [7, 11) is 0. The Morgan fingerprint density at radius 3 is 2.50 bits per heavy atom. The summed E-state index contributed by atoms with van der Waals surface area (Å²) in [5, 5.41) is 3.06. The molecule has 0 aromatic carbocycles. The highest BCUT2D eigenvalue weighted by molar-refractivity contribution is 5.78. The average Bonchev–Trinajstić information content (AvgIpc) is 2.05. The lowest BCUT2D eigenvalue weighted by Gasteiger charge is -2.15. The maximum atomic E-state index is 10.9. The molecule has 10 heavy (non-hydrogen) atoms. The molecule has 0 radical (unpaired) electrons. The fourth-order valence-electron chi connectivity index (χ4n) is 1.10. The summed E-state index contributed by atoms with van der Waals surface area (Å²) >= 11 is 0. The maximum absolute atomic E-state index is 10.9. The minimum atomic E-state index is -0.461. The predicted octanol–water partition coefficient (Wildman–Crippen LogP) is 0.647. The highest BCUT2D eigenvalue weighted by Gasteiger charge is 2.37. The summed E-state index contributed by atoms with van der Waals surface area (Å²) in [5.74, 6) is -0.132. The van der Waals surface area contributed by atoms with Crippen molar-refractivity contribution in [3.8, 4) is 0 Å². The standard InChI is InChI=1S/C7H13NO2/c1-4-5-6(9)10-7(2,3)8-5/h5,8H,4H2,1-3H3/t5-/m0/s1. The lowest BCUT2D eigenvalue weighted by molar-refractivity contribution is -0.147. The molecule has 0 aromatic heterocycles. The van der Waals surface area contributed by atoms with Crippen molar-refractivity contribution in [1.29, 1.82) is 0 Å². The van der Waals surface area contributed by atoms with Gasteiger partial charge in [-0.15, -0.1) is 0 Å². The molecule has 1 N–H and O–H groups in total. The normalized spacial score (nSPS) is 30.3. The van der Waals surface area contributed by atoms with E-state index >= 15 is 0 Å². The third-order valence-electron chi connectivity index (χ3n) is 1.57. The molecule has 0 aromatic rings. The van der Waals surface area contributed by atoms with Gasteiger partial charge >= 0.3 is 5.97 Å². The summed E-state index contributed by atoms with van der Waals surface area (Å²) in [4.78, 5) is 10.9. The van der Waals surface area contributed by atoms with Gasteiger partial charge in [-0.2, -0.15) is 0 Å². The maximum Gasteiger partial charge on any atom is 0.324 e. The van der Waals surface area contributed by atoms with Crippen molar-refractivity contribution >= 4 is 5.97 Å². The molecular formula is C7H13NO2. The van der Waals surface area contributed by atoms with Crippen molar-refractivity contribution in [3.63, 3.8) is 0 Å². The molecule has 1 saturated heterocycles. The molecule has 1 rings (SSSR count). The Morgan fingerprint density at radius 1 is 1.70 bits per heavy atom. The second-order valence-corrected chi connectivity index (χ2v) is 3.04. The van der Waals surface area contributed by atoms with Crippen molar-refractivity contribution in [2.45, 2.75) is 39.0 Å². The zero-order valence-electron chi connectivity index (χ0n) is 6.60. The van der Waals surface area contributed by atoms with Crippen LogP contribution in [0.1, 0.15) is 27.2 Å². The van der Waals surface area contributed by atoms with Crippen LogP contribution in [0.15, 0.2) is 0 Å². The molecule has 0 saturated carbocycles. The van der Waals surface area contributed by atoms with Gasteiger partial charge in [-0.1, -0.05) is 6.92 Å². The molecular weight excluding hydrogens is 130 g/mol. The van der Waals surface area contributed by atoms with Gasteiger partial charge in [0.25, 0.3) is 0 Å². The van der Waals surface area contributed by atoms with Gasteiger partial charge in [-0.05, 0) is 20.3 Å². The molecule has 1 aliphatic rings. The van der Waals surface area contributed by atoms with E-state index in [-0.39, 0.29) is 12.0 Å². The molecule has 3 heteroatoms. The second kappa shape index (κ2) is 2.23. The summed E-state index contributed by atoms with van der Waals surface area (Å²) in [6.07, 6.45) is 0.794. The molecule has 1 atom stereocenters. The van der Waals surface area contributed by atoms with Crippen LogP contribution >= 0.6 is 0 Å². The number of rotatable bonds is 1. The van der Waals surface area contributed by atoms with Crippen molar-refractivity contribution in [1.82, 2.24) is 5.32 Å². The second-order valence-electron chi connectivity index (χ2n) is 3.04. The van der Waals surface area contributed by atoms with Gasteiger partial charge in [-0.3, -0.25) is 10.1 Å². The quantitative estimate of drug-likeness (QED) is 0.548. The van der Waals surface area contributed by atoms with Crippen molar-refractivity contribution < 1.29 is 9.53 Å². The zero-order valence-corrected chi connectivity index (χ0v) is 6.60. The highest BCUT2D eigenvalue weighted by Crippen LogP contribution is 2.16. The fourth-order valence-corrected chi connectivity index (χ4v) is 1.10. The van der Waals surface area contributed by atoms with Crippen LogP contribution in [0.2, 0.25) is 0 Å². The molecule has 1 fully saturated rings. The first-order valence-corrected chi connectivity index (χ1v) is 3.56. The van der Waals surface area contributed by atoms with E-state index in [0.29, 0.717) is 0 Å². The topological polar surface area (TPSA) is 38.3 Å². The molecule has 58 valence electrons. The number of ether oxygens (including phenoxy) is 1. The molecule has 1 heterocycles. The number of hydrogen-bond acceptors (Lipinski definition) is 3. The first-order valence-electron chi connectivity index (χ1n) is 3.56. The van der Waals surface area contributed by atoms with Crippen LogP contribution in [0.5, 0.6) is 0 Å². The number of carbonyl (C=O) groups is 1. The Kier molecular flexibility index (Phi) is 1.68. The van der Waals surface area contributed by atoms with Gasteiger partial charge < -0.3 is 4.74 Å². The van der Waals surface area contributed by atoms with Crippen LogP contribution in [0.3, 0.4) is 0 Å². The zero-order chi connectivity index (χ0) is 7.78. The van der Waals surface area contributed by atoms with Crippen molar-refractivity contribution in [3.05, 3.63) is 0 Å². The Morgan fingerprint density at radius 2 is 2.30 bits per heavy atom. The monoisotopic (exact) mass is 143 g/mol. The Bertz CT molecular complexity index is 154. The Balaban J connectivity index is 2.61. The van der Waals surface area contributed by atoms with Crippen LogP contribution in [0.25, 0.3) is 0 Å². The Labute approximate surface area is 60.7 Å². The molecule has 0 unspecified atom stereocenters. The van der Waals surface area contributed by atoms with E-state index in [9.17, 15) is 4.79 Å².